The molecule has 1 aromatic heterocycles. The largest absolute Gasteiger partial charge is 0.440 e. The van der Waals surface area contributed by atoms with Gasteiger partial charge in [-0.15, -0.1) is 0 Å². The maximum Gasteiger partial charge on any atom is 0.225 e. The van der Waals surface area contributed by atoms with Crippen LogP contribution in [0.15, 0.2) is 46.0 Å². The summed E-state index contributed by atoms with van der Waals surface area (Å²) >= 11 is 0. The number of benzene rings is 2. The van der Waals surface area contributed by atoms with Crippen molar-refractivity contribution < 1.29 is 13.6 Å². The summed E-state index contributed by atoms with van der Waals surface area (Å²) in [4.78, 5) is 29.2. The molecular formula is C23H24FN3O3. The summed E-state index contributed by atoms with van der Waals surface area (Å²) in [5.41, 5.74) is 3.22. The maximum atomic E-state index is 14.2. The van der Waals surface area contributed by atoms with Gasteiger partial charge in [0.25, 0.3) is 0 Å². The van der Waals surface area contributed by atoms with E-state index in [4.69, 9.17) is 4.42 Å². The van der Waals surface area contributed by atoms with Gasteiger partial charge in [-0.2, -0.15) is 4.91 Å². The summed E-state index contributed by atoms with van der Waals surface area (Å²) in [7, 11) is 0. The zero-order chi connectivity index (χ0) is 21.3. The maximum absolute atomic E-state index is 14.2. The fourth-order valence-electron chi connectivity index (χ4n) is 3.94. The molecule has 1 amide bonds. The van der Waals surface area contributed by atoms with E-state index in [1.54, 1.807) is 12.1 Å². The van der Waals surface area contributed by atoms with E-state index >= 15 is 0 Å². The molecule has 2 heterocycles. The van der Waals surface area contributed by atoms with Crippen LogP contribution < -0.4 is 0 Å². The summed E-state index contributed by atoms with van der Waals surface area (Å²) in [6, 6.07) is 10.4. The third-order valence-corrected chi connectivity index (χ3v) is 5.68. The predicted octanol–water partition coefficient (Wildman–Crippen LogP) is 5.26. The number of hydrogen-bond donors (Lipinski definition) is 0. The van der Waals surface area contributed by atoms with Crippen molar-refractivity contribution in [2.75, 3.05) is 13.1 Å². The Hall–Kier alpha value is -3.09. The minimum absolute atomic E-state index is 0.0119. The Balaban J connectivity index is 1.53. The first-order valence-corrected chi connectivity index (χ1v) is 10.2. The molecule has 6 nitrogen and oxygen atoms in total. The number of oxazole rings is 1. The molecule has 1 fully saturated rings. The molecule has 0 aliphatic carbocycles. The van der Waals surface area contributed by atoms with Crippen molar-refractivity contribution in [2.24, 2.45) is 11.1 Å². The summed E-state index contributed by atoms with van der Waals surface area (Å²) in [6.45, 7) is 5.09. The van der Waals surface area contributed by atoms with E-state index in [-0.39, 0.29) is 29.9 Å². The lowest BCUT2D eigenvalue weighted by atomic mass is 9.96. The van der Waals surface area contributed by atoms with E-state index in [0.29, 0.717) is 30.1 Å². The number of nitrogens with zero attached hydrogens (tertiary/aromatic N) is 3. The summed E-state index contributed by atoms with van der Waals surface area (Å²) in [6.07, 6.45) is 1.66. The molecule has 1 aliphatic rings. The molecule has 3 aromatic rings. The molecule has 0 N–H and O–H groups in total. The van der Waals surface area contributed by atoms with Crippen molar-refractivity contribution in [2.45, 2.75) is 39.2 Å². The summed E-state index contributed by atoms with van der Waals surface area (Å²) in [5.74, 6) is 0.633. The molecule has 1 aliphatic heterocycles. The molecular weight excluding hydrogens is 385 g/mol. The van der Waals surface area contributed by atoms with Crippen LogP contribution in [-0.2, 0) is 11.3 Å². The SMILES string of the molecule is CC(C)C(=O)N1CCC(c2nc3cc(-c4ccc(CN=O)c(F)c4)ccc3o2)CC1. The number of likely N-dealkylation sites (tertiary alicyclic amines) is 1. The number of carbonyl (C=O) groups is 1. The molecule has 2 aromatic carbocycles. The van der Waals surface area contributed by atoms with Gasteiger partial charge in [0.1, 0.15) is 17.9 Å². The fraction of sp³-hybridized carbons (Fsp3) is 0.391. The molecule has 1 saturated heterocycles. The van der Waals surface area contributed by atoms with E-state index in [2.05, 4.69) is 10.2 Å². The number of rotatable bonds is 5. The number of halogens is 1. The van der Waals surface area contributed by atoms with Gasteiger partial charge in [-0.1, -0.05) is 37.2 Å². The average Bonchev–Trinajstić information content (AvgIpc) is 3.18. The van der Waals surface area contributed by atoms with Crippen molar-refractivity contribution in [3.8, 4) is 11.1 Å². The van der Waals surface area contributed by atoms with Gasteiger partial charge in [-0.3, -0.25) is 4.79 Å². The van der Waals surface area contributed by atoms with Crippen LogP contribution in [0.4, 0.5) is 4.39 Å². The van der Waals surface area contributed by atoms with Gasteiger partial charge in [0.2, 0.25) is 5.91 Å². The zero-order valence-electron chi connectivity index (χ0n) is 17.1. The number of amides is 1. The van der Waals surface area contributed by atoms with Crippen LogP contribution in [0.3, 0.4) is 0 Å². The Bertz CT molecular complexity index is 1080. The Morgan fingerprint density at radius 1 is 1.20 bits per heavy atom. The van der Waals surface area contributed by atoms with Crippen LogP contribution >= 0.6 is 0 Å². The van der Waals surface area contributed by atoms with Crippen molar-refractivity contribution in [1.82, 2.24) is 9.88 Å². The second-order valence-corrected chi connectivity index (χ2v) is 8.08. The smallest absolute Gasteiger partial charge is 0.225 e. The molecule has 0 bridgehead atoms. The molecule has 7 heteroatoms. The summed E-state index contributed by atoms with van der Waals surface area (Å²) in [5, 5.41) is 2.75. The third kappa shape index (κ3) is 3.97. The van der Waals surface area contributed by atoms with Gasteiger partial charge in [0.05, 0.1) is 0 Å². The van der Waals surface area contributed by atoms with Crippen LogP contribution in [0.5, 0.6) is 0 Å². The Morgan fingerprint density at radius 3 is 2.57 bits per heavy atom. The number of aromatic nitrogens is 1. The van der Waals surface area contributed by atoms with Crippen LogP contribution in [0.2, 0.25) is 0 Å². The van der Waals surface area contributed by atoms with E-state index in [9.17, 15) is 14.1 Å². The normalized spacial score (nSPS) is 15.1. The second-order valence-electron chi connectivity index (χ2n) is 8.08. The number of carbonyl (C=O) groups excluding carboxylic acids is 1. The highest BCUT2D eigenvalue weighted by atomic mass is 19.1. The van der Waals surface area contributed by atoms with Crippen molar-refractivity contribution >= 4 is 17.0 Å². The van der Waals surface area contributed by atoms with Gasteiger partial charge >= 0.3 is 0 Å². The Morgan fingerprint density at radius 2 is 1.90 bits per heavy atom. The van der Waals surface area contributed by atoms with Gasteiger partial charge in [-0.05, 0) is 42.2 Å². The molecule has 0 unspecified atom stereocenters. The highest BCUT2D eigenvalue weighted by Crippen LogP contribution is 2.32. The number of piperidine rings is 1. The Kier molecular flexibility index (Phi) is 5.61. The molecule has 4 rings (SSSR count). The zero-order valence-corrected chi connectivity index (χ0v) is 17.1. The predicted molar refractivity (Wildman–Crippen MR) is 112 cm³/mol. The lowest BCUT2D eigenvalue weighted by Crippen LogP contribution is -2.40. The van der Waals surface area contributed by atoms with Crippen molar-refractivity contribution in [1.29, 1.82) is 0 Å². The first kappa shape index (κ1) is 20.2. The first-order valence-electron chi connectivity index (χ1n) is 10.2. The number of nitroso groups, excluding NO2 is 1. The summed E-state index contributed by atoms with van der Waals surface area (Å²) < 4.78 is 20.1. The lowest BCUT2D eigenvalue weighted by Gasteiger charge is -2.31. The van der Waals surface area contributed by atoms with E-state index in [0.717, 1.165) is 23.9 Å². The highest BCUT2D eigenvalue weighted by Gasteiger charge is 2.28. The van der Waals surface area contributed by atoms with Crippen molar-refractivity contribution in [3.63, 3.8) is 0 Å². The van der Waals surface area contributed by atoms with E-state index in [1.165, 1.54) is 6.07 Å². The molecule has 156 valence electrons. The van der Waals surface area contributed by atoms with Crippen LogP contribution in [0.1, 0.15) is 44.1 Å². The Labute approximate surface area is 174 Å². The lowest BCUT2D eigenvalue weighted by molar-refractivity contribution is -0.135. The third-order valence-electron chi connectivity index (χ3n) is 5.68. The van der Waals surface area contributed by atoms with Crippen LogP contribution in [0.25, 0.3) is 22.2 Å². The van der Waals surface area contributed by atoms with Gasteiger partial charge in [0, 0.05) is 30.5 Å². The monoisotopic (exact) mass is 409 g/mol. The molecule has 0 saturated carbocycles. The van der Waals surface area contributed by atoms with E-state index in [1.807, 2.05) is 36.9 Å². The number of fused-ring (bicyclic) bond motifs is 1. The topological polar surface area (TPSA) is 75.8 Å². The fourth-order valence-corrected chi connectivity index (χ4v) is 3.94. The second kappa shape index (κ2) is 8.34. The number of hydrogen-bond acceptors (Lipinski definition) is 5. The van der Waals surface area contributed by atoms with E-state index < -0.39 is 5.82 Å². The minimum atomic E-state index is -0.448. The van der Waals surface area contributed by atoms with Crippen LogP contribution in [0, 0.1) is 16.6 Å². The van der Waals surface area contributed by atoms with Crippen LogP contribution in [-0.4, -0.2) is 28.9 Å². The highest BCUT2D eigenvalue weighted by molar-refractivity contribution is 5.80. The van der Waals surface area contributed by atoms with Crippen molar-refractivity contribution in [3.05, 3.63) is 58.6 Å². The minimum Gasteiger partial charge on any atom is -0.440 e. The van der Waals surface area contributed by atoms with Gasteiger partial charge in [0.15, 0.2) is 11.5 Å². The quantitative estimate of drug-likeness (QED) is 0.539. The molecule has 0 atom stereocenters. The standard InChI is InChI=1S/C23H24FN3O3/c1-14(2)23(28)27-9-7-15(8-10-27)22-26-20-12-17(5-6-21(20)30-22)16-3-4-18(13-25-29)19(24)11-16/h3-6,11-12,14-15H,7-10,13H2,1-2H3. The average molecular weight is 409 g/mol. The first-order chi connectivity index (χ1) is 14.5. The molecule has 0 spiro atoms. The van der Waals surface area contributed by atoms with Gasteiger partial charge < -0.3 is 9.32 Å². The molecule has 30 heavy (non-hydrogen) atoms. The molecule has 0 radical (unpaired) electrons. The van der Waals surface area contributed by atoms with Gasteiger partial charge in [-0.25, -0.2) is 9.37 Å².